The lowest BCUT2D eigenvalue weighted by Crippen LogP contribution is -2.55. The Hall–Kier alpha value is -2.86. The lowest BCUT2D eigenvalue weighted by Gasteiger charge is -2.58. The Morgan fingerprint density at radius 1 is 1.07 bits per heavy atom. The minimum absolute atomic E-state index is 0.0818. The van der Waals surface area contributed by atoms with Gasteiger partial charge in [-0.15, -0.1) is 6.42 Å². The van der Waals surface area contributed by atoms with Crippen LogP contribution in [0.25, 0.3) is 0 Å². The average molecular weight is 598 g/mol. The van der Waals surface area contributed by atoms with Crippen molar-refractivity contribution in [3.63, 3.8) is 0 Å². The van der Waals surface area contributed by atoms with E-state index < -0.39 is 35.5 Å². The van der Waals surface area contributed by atoms with Crippen LogP contribution in [0.5, 0.6) is 0 Å². The Labute approximate surface area is 256 Å². The molecule has 0 aromatic carbocycles. The molecule has 0 aromatic rings. The standard InChI is InChI=1S/C34H51N3O6/c1-8-21(5)29(31(40)41)36-30(39)28(20(3)4)35-27(38)19-43-37-23-12-15-32(6)22(18-23)10-11-24-25(32)13-16-33(7)26(24)14-17-34(33,42)9-2/h2,18,20-21,24-26,28-29,42H,8,10-17,19H2,1,3-7H3,(H,35,38)(H,36,39)(H,40,41)/b37-23+/t21-,24-,25-,26-,28-,29+,32+,33+,34-/m1/s1. The summed E-state index contributed by atoms with van der Waals surface area (Å²) in [4.78, 5) is 42.7. The molecule has 0 spiro atoms. The van der Waals surface area contributed by atoms with Gasteiger partial charge >= 0.3 is 5.97 Å². The van der Waals surface area contributed by atoms with Crippen LogP contribution in [0.1, 0.15) is 99.3 Å². The predicted molar refractivity (Wildman–Crippen MR) is 165 cm³/mol. The van der Waals surface area contributed by atoms with E-state index in [1.54, 1.807) is 20.8 Å². The Bertz CT molecular complexity index is 1200. The van der Waals surface area contributed by atoms with Gasteiger partial charge in [0.05, 0.1) is 5.71 Å². The summed E-state index contributed by atoms with van der Waals surface area (Å²) in [5, 5.41) is 30.3. The van der Waals surface area contributed by atoms with E-state index in [9.17, 15) is 24.6 Å². The number of carboxylic acids is 1. The highest BCUT2D eigenvalue weighted by molar-refractivity contribution is 5.96. The summed E-state index contributed by atoms with van der Waals surface area (Å²) in [7, 11) is 0. The highest BCUT2D eigenvalue weighted by Crippen LogP contribution is 2.67. The van der Waals surface area contributed by atoms with E-state index in [2.05, 4.69) is 41.6 Å². The molecule has 0 aromatic heterocycles. The highest BCUT2D eigenvalue weighted by Gasteiger charge is 2.63. The molecule has 4 rings (SSSR count). The number of rotatable bonds is 10. The number of nitrogens with one attached hydrogen (secondary N) is 2. The minimum Gasteiger partial charge on any atom is -0.480 e. The largest absolute Gasteiger partial charge is 0.480 e. The maximum Gasteiger partial charge on any atom is 0.326 e. The average Bonchev–Trinajstić information content (AvgIpc) is 3.24. The second-order valence-electron chi connectivity index (χ2n) is 14.4. The topological polar surface area (TPSA) is 137 Å². The van der Waals surface area contributed by atoms with Crippen LogP contribution in [0.15, 0.2) is 16.8 Å². The molecule has 9 atom stereocenters. The Kier molecular flexibility index (Phi) is 9.71. The molecule has 238 valence electrons. The summed E-state index contributed by atoms with van der Waals surface area (Å²) >= 11 is 0. The number of amides is 2. The molecule has 2 amide bonds. The molecule has 43 heavy (non-hydrogen) atoms. The number of oxime groups is 1. The van der Waals surface area contributed by atoms with Gasteiger partial charge in [-0.05, 0) is 92.4 Å². The Morgan fingerprint density at radius 2 is 1.77 bits per heavy atom. The van der Waals surface area contributed by atoms with Crippen LogP contribution in [0, 0.1) is 52.8 Å². The summed E-state index contributed by atoms with van der Waals surface area (Å²) in [5.74, 6) is 1.70. The summed E-state index contributed by atoms with van der Waals surface area (Å²) < 4.78 is 0. The van der Waals surface area contributed by atoms with Crippen molar-refractivity contribution in [2.45, 2.75) is 117 Å². The van der Waals surface area contributed by atoms with Gasteiger partial charge in [-0.1, -0.05) is 64.6 Å². The summed E-state index contributed by atoms with van der Waals surface area (Å²) in [6.07, 6.45) is 16.1. The van der Waals surface area contributed by atoms with Crippen molar-refractivity contribution < 1.29 is 29.4 Å². The number of carboxylic acid groups (broad SMARTS) is 1. The first-order chi connectivity index (χ1) is 20.2. The molecule has 4 aliphatic rings. The maximum absolute atomic E-state index is 12.9. The highest BCUT2D eigenvalue weighted by atomic mass is 16.6. The number of hydrogen-bond donors (Lipinski definition) is 4. The molecule has 3 fully saturated rings. The first-order valence-electron chi connectivity index (χ1n) is 16.1. The quantitative estimate of drug-likeness (QED) is 0.217. The SMILES string of the molecule is C#C[C@@]1(O)CC[C@@H]2[C@@H]3CCC4=C/C(=N/OCC(=O)N[C@@H](C(=O)N[C@H](C(=O)O)[C@H](C)CC)C(C)C)CC[C@]4(C)[C@@H]3CC[C@@]21C. The fourth-order valence-electron chi connectivity index (χ4n) is 8.75. The van der Waals surface area contributed by atoms with Gasteiger partial charge in [-0.2, -0.15) is 0 Å². The van der Waals surface area contributed by atoms with Gasteiger partial charge in [0.2, 0.25) is 5.91 Å². The van der Waals surface area contributed by atoms with Gasteiger partial charge in [0.1, 0.15) is 17.7 Å². The molecule has 0 aliphatic heterocycles. The van der Waals surface area contributed by atoms with E-state index in [0.29, 0.717) is 30.6 Å². The molecule has 4 aliphatic carbocycles. The van der Waals surface area contributed by atoms with Gasteiger partial charge in [0, 0.05) is 5.41 Å². The zero-order valence-corrected chi connectivity index (χ0v) is 26.7. The van der Waals surface area contributed by atoms with E-state index in [1.807, 2.05) is 6.92 Å². The third-order valence-corrected chi connectivity index (χ3v) is 11.8. The van der Waals surface area contributed by atoms with Crippen molar-refractivity contribution in [1.82, 2.24) is 10.6 Å². The number of carbonyl (C=O) groups is 3. The van der Waals surface area contributed by atoms with Gasteiger partial charge in [-0.3, -0.25) is 9.59 Å². The number of terminal acetylenes is 1. The normalized spacial score (nSPS) is 36.2. The van der Waals surface area contributed by atoms with E-state index in [1.165, 1.54) is 5.57 Å². The second kappa shape index (κ2) is 12.6. The van der Waals surface area contributed by atoms with Crippen LogP contribution in [0.4, 0.5) is 0 Å². The van der Waals surface area contributed by atoms with Crippen LogP contribution < -0.4 is 10.6 Å². The molecule has 9 heteroatoms. The number of fused-ring (bicyclic) bond motifs is 5. The van der Waals surface area contributed by atoms with Crippen LogP contribution in [-0.4, -0.2) is 58.0 Å². The first-order valence-corrected chi connectivity index (χ1v) is 16.1. The zero-order chi connectivity index (χ0) is 31.7. The van der Waals surface area contributed by atoms with Gasteiger partial charge in [0.15, 0.2) is 6.61 Å². The first kappa shape index (κ1) is 33.0. The molecule has 0 bridgehead atoms. The molecular formula is C34H51N3O6. The van der Waals surface area contributed by atoms with Crippen molar-refractivity contribution >= 4 is 23.5 Å². The van der Waals surface area contributed by atoms with Crippen molar-refractivity contribution in [2.24, 2.45) is 45.6 Å². The van der Waals surface area contributed by atoms with E-state index >= 15 is 0 Å². The molecule has 0 heterocycles. The number of nitrogens with zero attached hydrogens (tertiary/aromatic N) is 1. The fraction of sp³-hybridized carbons (Fsp3) is 0.765. The third-order valence-electron chi connectivity index (χ3n) is 11.8. The fourth-order valence-corrected chi connectivity index (χ4v) is 8.75. The second-order valence-corrected chi connectivity index (χ2v) is 14.4. The van der Waals surface area contributed by atoms with E-state index in [-0.39, 0.29) is 29.3 Å². The van der Waals surface area contributed by atoms with Gasteiger partial charge in [0.25, 0.3) is 5.91 Å². The van der Waals surface area contributed by atoms with Gasteiger partial charge in [-0.25, -0.2) is 4.79 Å². The maximum atomic E-state index is 12.9. The minimum atomic E-state index is -1.10. The van der Waals surface area contributed by atoms with Crippen LogP contribution in [-0.2, 0) is 19.2 Å². The monoisotopic (exact) mass is 597 g/mol. The summed E-state index contributed by atoms with van der Waals surface area (Å²) in [6.45, 7) is 11.5. The molecule has 0 unspecified atom stereocenters. The number of allylic oxidation sites excluding steroid dienone is 2. The molecule has 9 nitrogen and oxygen atoms in total. The van der Waals surface area contributed by atoms with Gasteiger partial charge < -0.3 is 25.7 Å². The van der Waals surface area contributed by atoms with Crippen molar-refractivity contribution in [3.8, 4) is 12.3 Å². The van der Waals surface area contributed by atoms with Crippen LogP contribution in [0.2, 0.25) is 0 Å². The molecule has 0 radical (unpaired) electrons. The zero-order valence-electron chi connectivity index (χ0n) is 26.7. The number of carbonyl (C=O) groups excluding carboxylic acids is 2. The lowest BCUT2D eigenvalue weighted by atomic mass is 9.46. The lowest BCUT2D eigenvalue weighted by molar-refractivity contribution is -0.144. The summed E-state index contributed by atoms with van der Waals surface area (Å²) in [5.41, 5.74) is 1.09. The van der Waals surface area contributed by atoms with Crippen molar-refractivity contribution in [1.29, 1.82) is 0 Å². The molecule has 0 saturated heterocycles. The van der Waals surface area contributed by atoms with Crippen molar-refractivity contribution in [3.05, 3.63) is 11.6 Å². The number of aliphatic carboxylic acids is 1. The molecular weight excluding hydrogens is 546 g/mol. The smallest absolute Gasteiger partial charge is 0.326 e. The molecule has 3 saturated carbocycles. The van der Waals surface area contributed by atoms with Crippen molar-refractivity contribution in [2.75, 3.05) is 6.61 Å². The Morgan fingerprint density at radius 3 is 2.40 bits per heavy atom. The van der Waals surface area contributed by atoms with E-state index in [4.69, 9.17) is 11.3 Å². The third kappa shape index (κ3) is 6.09. The van der Waals surface area contributed by atoms with E-state index in [0.717, 1.165) is 50.7 Å². The number of aliphatic hydroxyl groups is 1. The van der Waals surface area contributed by atoms with Crippen LogP contribution in [0.3, 0.4) is 0 Å². The Balaban J connectivity index is 1.35. The molecule has 4 N–H and O–H groups in total. The van der Waals surface area contributed by atoms with Crippen LogP contribution >= 0.6 is 0 Å². The number of hydrogen-bond acceptors (Lipinski definition) is 6. The summed E-state index contributed by atoms with van der Waals surface area (Å²) in [6, 6.07) is -1.92. The predicted octanol–water partition coefficient (Wildman–Crippen LogP) is 4.44.